The number of nitrogens with one attached hydrogen (secondary N) is 2. The summed E-state index contributed by atoms with van der Waals surface area (Å²) in [6.45, 7) is 4.35. The summed E-state index contributed by atoms with van der Waals surface area (Å²) in [5, 5.41) is 7.74. The highest BCUT2D eigenvalue weighted by Gasteiger charge is 2.06. The molecule has 0 amide bonds. The van der Waals surface area contributed by atoms with Crippen LogP contribution in [0.5, 0.6) is 0 Å². The zero-order valence-electron chi connectivity index (χ0n) is 10.5. The van der Waals surface area contributed by atoms with Gasteiger partial charge < -0.3 is 5.32 Å². The highest BCUT2D eigenvalue weighted by Crippen LogP contribution is 2.09. The first-order chi connectivity index (χ1) is 8.13. The van der Waals surface area contributed by atoms with E-state index in [2.05, 4.69) is 41.8 Å². The van der Waals surface area contributed by atoms with Crippen LogP contribution in [-0.4, -0.2) is 17.9 Å². The van der Waals surface area contributed by atoms with Gasteiger partial charge in [-0.2, -0.15) is 5.10 Å². The summed E-state index contributed by atoms with van der Waals surface area (Å²) in [4.78, 5) is 0. The highest BCUT2D eigenvalue weighted by molar-refractivity contribution is 7.80. The van der Waals surface area contributed by atoms with E-state index in [0.717, 1.165) is 17.7 Å². The second-order valence-corrected chi connectivity index (χ2v) is 4.62. The quantitative estimate of drug-likeness (QED) is 0.489. The maximum absolute atomic E-state index is 5.01. The summed E-state index contributed by atoms with van der Waals surface area (Å²) in [5.74, 6) is 0.555. The number of hydrogen-bond acceptors (Lipinski definition) is 2. The van der Waals surface area contributed by atoms with Crippen LogP contribution in [0.1, 0.15) is 25.8 Å². The Morgan fingerprint density at radius 3 is 2.47 bits per heavy atom. The van der Waals surface area contributed by atoms with Gasteiger partial charge in [-0.25, -0.2) is 0 Å². The van der Waals surface area contributed by atoms with E-state index in [-0.39, 0.29) is 0 Å². The van der Waals surface area contributed by atoms with Crippen molar-refractivity contribution in [2.45, 2.75) is 20.3 Å². The lowest BCUT2D eigenvalue weighted by atomic mass is 10.0. The van der Waals surface area contributed by atoms with E-state index in [1.165, 1.54) is 0 Å². The summed E-state index contributed by atoms with van der Waals surface area (Å²) in [5.41, 5.74) is 5.00. The second-order valence-electron chi connectivity index (χ2n) is 4.21. The van der Waals surface area contributed by atoms with Gasteiger partial charge in [0.25, 0.3) is 0 Å². The van der Waals surface area contributed by atoms with Gasteiger partial charge in [0.2, 0.25) is 0 Å². The summed E-state index contributed by atoms with van der Waals surface area (Å²) < 4.78 is 0. The molecule has 3 nitrogen and oxygen atoms in total. The van der Waals surface area contributed by atoms with Crippen LogP contribution in [0.4, 0.5) is 0 Å². The van der Waals surface area contributed by atoms with Gasteiger partial charge in [0.15, 0.2) is 5.11 Å². The first kappa shape index (κ1) is 13.6. The molecular weight excluding hydrogens is 230 g/mol. The molecule has 92 valence electrons. The standard InChI is InChI=1S/C13H19N3S/c1-10(2)9-12(15-16-13(17)14-3)11-7-5-4-6-8-11/h4-8,10H,9H2,1-3H3,(H2,14,16,17)/b15-12-. The molecule has 0 aromatic heterocycles. The number of nitrogens with zero attached hydrogens (tertiary/aromatic N) is 1. The van der Waals surface area contributed by atoms with Crippen molar-refractivity contribution in [1.82, 2.24) is 10.7 Å². The molecule has 0 aliphatic heterocycles. The molecule has 0 aliphatic carbocycles. The van der Waals surface area contributed by atoms with Gasteiger partial charge in [0.1, 0.15) is 0 Å². The third kappa shape index (κ3) is 4.95. The Morgan fingerprint density at radius 1 is 1.29 bits per heavy atom. The molecule has 4 heteroatoms. The van der Waals surface area contributed by atoms with Crippen LogP contribution in [0, 0.1) is 5.92 Å². The molecule has 0 radical (unpaired) electrons. The van der Waals surface area contributed by atoms with Gasteiger partial charge in [-0.15, -0.1) is 0 Å². The molecular formula is C13H19N3S. The number of rotatable bonds is 4. The van der Waals surface area contributed by atoms with E-state index in [1.54, 1.807) is 7.05 Å². The Kier molecular flexibility index (Phi) is 5.63. The van der Waals surface area contributed by atoms with E-state index < -0.39 is 0 Å². The van der Waals surface area contributed by atoms with Gasteiger partial charge in [0, 0.05) is 7.05 Å². The van der Waals surface area contributed by atoms with E-state index in [0.29, 0.717) is 11.0 Å². The van der Waals surface area contributed by atoms with Crippen molar-refractivity contribution in [2.24, 2.45) is 11.0 Å². The highest BCUT2D eigenvalue weighted by atomic mass is 32.1. The first-order valence-corrected chi connectivity index (χ1v) is 6.14. The maximum Gasteiger partial charge on any atom is 0.186 e. The van der Waals surface area contributed by atoms with Crippen molar-refractivity contribution in [3.05, 3.63) is 35.9 Å². The van der Waals surface area contributed by atoms with Crippen molar-refractivity contribution in [3.63, 3.8) is 0 Å². The minimum Gasteiger partial charge on any atom is -0.364 e. The Balaban J connectivity index is 2.84. The molecule has 1 aromatic carbocycles. The second kappa shape index (κ2) is 7.01. The van der Waals surface area contributed by atoms with Crippen molar-refractivity contribution in [2.75, 3.05) is 7.05 Å². The molecule has 0 unspecified atom stereocenters. The Hall–Kier alpha value is -1.42. The molecule has 1 aromatic rings. The number of hydrazone groups is 1. The van der Waals surface area contributed by atoms with Crippen LogP contribution in [-0.2, 0) is 0 Å². The molecule has 0 atom stereocenters. The Labute approximate surface area is 108 Å². The molecule has 0 saturated carbocycles. The topological polar surface area (TPSA) is 36.4 Å². The molecule has 17 heavy (non-hydrogen) atoms. The van der Waals surface area contributed by atoms with Gasteiger partial charge in [-0.05, 0) is 30.1 Å². The van der Waals surface area contributed by atoms with Crippen LogP contribution < -0.4 is 10.7 Å². The molecule has 2 N–H and O–H groups in total. The predicted octanol–water partition coefficient (Wildman–Crippen LogP) is 2.53. The summed E-state index contributed by atoms with van der Waals surface area (Å²) >= 11 is 5.01. The fourth-order valence-corrected chi connectivity index (χ4v) is 1.47. The third-order valence-corrected chi connectivity index (χ3v) is 2.52. The summed E-state index contributed by atoms with van der Waals surface area (Å²) in [6, 6.07) is 10.2. The van der Waals surface area contributed by atoms with Crippen molar-refractivity contribution >= 4 is 23.0 Å². The van der Waals surface area contributed by atoms with Crippen LogP contribution in [0.25, 0.3) is 0 Å². The van der Waals surface area contributed by atoms with Crippen molar-refractivity contribution < 1.29 is 0 Å². The summed E-state index contributed by atoms with van der Waals surface area (Å²) in [7, 11) is 1.77. The number of benzene rings is 1. The first-order valence-electron chi connectivity index (χ1n) is 5.73. The van der Waals surface area contributed by atoms with Crippen LogP contribution in [0.15, 0.2) is 35.4 Å². The van der Waals surface area contributed by atoms with E-state index in [9.17, 15) is 0 Å². The molecule has 0 saturated heterocycles. The molecule has 1 rings (SSSR count). The van der Waals surface area contributed by atoms with Crippen molar-refractivity contribution in [3.8, 4) is 0 Å². The van der Waals surface area contributed by atoms with Gasteiger partial charge in [0.05, 0.1) is 5.71 Å². The lowest BCUT2D eigenvalue weighted by molar-refractivity contribution is 0.681. The smallest absolute Gasteiger partial charge is 0.186 e. The number of thiocarbonyl (C=S) groups is 1. The molecule has 0 fully saturated rings. The minimum atomic E-state index is 0.530. The van der Waals surface area contributed by atoms with E-state index >= 15 is 0 Å². The average molecular weight is 249 g/mol. The largest absolute Gasteiger partial charge is 0.364 e. The SMILES string of the molecule is CNC(=S)N/N=C(/CC(C)C)c1ccccc1. The Morgan fingerprint density at radius 2 is 1.94 bits per heavy atom. The lowest BCUT2D eigenvalue weighted by Gasteiger charge is -2.10. The van der Waals surface area contributed by atoms with Gasteiger partial charge >= 0.3 is 0 Å². The zero-order valence-corrected chi connectivity index (χ0v) is 11.3. The summed E-state index contributed by atoms with van der Waals surface area (Å²) in [6.07, 6.45) is 0.920. The average Bonchev–Trinajstić information content (AvgIpc) is 2.34. The van der Waals surface area contributed by atoms with Crippen LogP contribution in [0.2, 0.25) is 0 Å². The molecule has 0 heterocycles. The maximum atomic E-state index is 5.01. The monoisotopic (exact) mass is 249 g/mol. The normalized spacial score (nSPS) is 11.4. The van der Waals surface area contributed by atoms with Crippen LogP contribution >= 0.6 is 12.2 Å². The fourth-order valence-electron chi connectivity index (χ4n) is 1.42. The molecule has 0 spiro atoms. The Bertz CT molecular complexity index is 385. The van der Waals surface area contributed by atoms with Gasteiger partial charge in [-0.3, -0.25) is 5.43 Å². The van der Waals surface area contributed by atoms with Crippen LogP contribution in [0.3, 0.4) is 0 Å². The van der Waals surface area contributed by atoms with Crippen molar-refractivity contribution in [1.29, 1.82) is 0 Å². The fraction of sp³-hybridized carbons (Fsp3) is 0.385. The molecule has 0 bridgehead atoms. The number of hydrogen-bond donors (Lipinski definition) is 2. The minimum absolute atomic E-state index is 0.530. The van der Waals surface area contributed by atoms with E-state index in [4.69, 9.17) is 12.2 Å². The predicted molar refractivity (Wildman–Crippen MR) is 77.2 cm³/mol. The third-order valence-electron chi connectivity index (χ3n) is 2.23. The van der Waals surface area contributed by atoms with Gasteiger partial charge in [-0.1, -0.05) is 44.2 Å². The lowest BCUT2D eigenvalue weighted by Crippen LogP contribution is -2.29. The van der Waals surface area contributed by atoms with E-state index in [1.807, 2.05) is 18.2 Å². The molecule has 0 aliphatic rings. The zero-order chi connectivity index (χ0) is 12.7.